The Kier molecular flexibility index (Phi) is 5.50. The maximum Gasteiger partial charge on any atom is 0.226 e. The second-order valence-corrected chi connectivity index (χ2v) is 9.42. The van der Waals surface area contributed by atoms with E-state index in [1.54, 1.807) is 0 Å². The van der Waals surface area contributed by atoms with Gasteiger partial charge in [0, 0.05) is 42.9 Å². The first kappa shape index (κ1) is 19.9. The van der Waals surface area contributed by atoms with Gasteiger partial charge in [0.05, 0.1) is 6.61 Å². The minimum absolute atomic E-state index is 0.0636. The summed E-state index contributed by atoms with van der Waals surface area (Å²) in [6.45, 7) is 1.81. The summed E-state index contributed by atoms with van der Waals surface area (Å²) in [5.74, 6) is 0.134. The van der Waals surface area contributed by atoms with Gasteiger partial charge in [-0.2, -0.15) is 0 Å². The fraction of sp³-hybridized carbons (Fsp3) is 0.696. The molecule has 0 radical (unpaired) electrons. The average molecular weight is 414 g/mol. The van der Waals surface area contributed by atoms with Gasteiger partial charge in [-0.1, -0.05) is 37.1 Å². The maximum absolute atomic E-state index is 13.5. The first-order valence-electron chi connectivity index (χ1n) is 11.4. The molecule has 2 aliphatic carbocycles. The van der Waals surface area contributed by atoms with Crippen molar-refractivity contribution in [2.45, 2.75) is 50.2 Å². The molecular formula is C23H31N3O4. The number of carbonyl (C=O) groups is 3. The van der Waals surface area contributed by atoms with Crippen LogP contribution in [0.2, 0.25) is 0 Å². The summed E-state index contributed by atoms with van der Waals surface area (Å²) in [7, 11) is 0. The summed E-state index contributed by atoms with van der Waals surface area (Å²) in [5, 5.41) is 6.57. The van der Waals surface area contributed by atoms with Gasteiger partial charge < -0.3 is 20.3 Å². The number of fused-ring (bicyclic) bond motifs is 3. The van der Waals surface area contributed by atoms with Gasteiger partial charge in [0.2, 0.25) is 11.8 Å². The zero-order valence-electron chi connectivity index (χ0n) is 17.3. The first-order chi connectivity index (χ1) is 14.6. The molecule has 7 heteroatoms. The molecule has 4 fully saturated rings. The molecule has 2 amide bonds. The number of nitrogens with one attached hydrogen (secondary N) is 2. The molecule has 5 rings (SSSR count). The molecule has 30 heavy (non-hydrogen) atoms. The molecular weight excluding hydrogens is 382 g/mol. The van der Waals surface area contributed by atoms with E-state index in [0.717, 1.165) is 38.8 Å². The van der Waals surface area contributed by atoms with Gasteiger partial charge in [0.15, 0.2) is 5.78 Å². The van der Waals surface area contributed by atoms with Gasteiger partial charge in [0.25, 0.3) is 0 Å². The molecule has 0 bridgehead atoms. The van der Waals surface area contributed by atoms with Gasteiger partial charge >= 0.3 is 0 Å². The van der Waals surface area contributed by atoms with Crippen molar-refractivity contribution in [3.63, 3.8) is 0 Å². The predicted octanol–water partition coefficient (Wildman–Crippen LogP) is 0.808. The number of hydrogen-bond acceptors (Lipinski definition) is 5. The van der Waals surface area contributed by atoms with Crippen molar-refractivity contribution < 1.29 is 19.1 Å². The van der Waals surface area contributed by atoms with Crippen molar-refractivity contribution in [3.8, 4) is 0 Å². The molecule has 7 nitrogen and oxygen atoms in total. The first-order valence-corrected chi connectivity index (χ1v) is 11.4. The Morgan fingerprint density at radius 2 is 1.90 bits per heavy atom. The van der Waals surface area contributed by atoms with E-state index in [1.165, 1.54) is 0 Å². The lowest BCUT2D eigenvalue weighted by Crippen LogP contribution is -2.53. The van der Waals surface area contributed by atoms with Crippen LogP contribution in [-0.4, -0.2) is 66.9 Å². The monoisotopic (exact) mass is 413 g/mol. The van der Waals surface area contributed by atoms with Crippen LogP contribution in [0, 0.1) is 23.7 Å². The third kappa shape index (κ3) is 3.62. The number of piperidine rings is 1. The molecule has 0 aromatic heterocycles. The van der Waals surface area contributed by atoms with Gasteiger partial charge in [0.1, 0.15) is 12.6 Å². The highest BCUT2D eigenvalue weighted by Crippen LogP contribution is 2.38. The minimum atomic E-state index is -0.557. The van der Waals surface area contributed by atoms with Crippen LogP contribution < -0.4 is 10.6 Å². The third-order valence-corrected chi connectivity index (χ3v) is 7.70. The lowest BCUT2D eigenvalue weighted by molar-refractivity contribution is -0.145. The number of likely N-dealkylation sites (tertiary alicyclic amines) is 1. The number of carbonyl (C=O) groups excluding carboxylic acids is 3. The highest BCUT2D eigenvalue weighted by atomic mass is 16.5. The van der Waals surface area contributed by atoms with Crippen LogP contribution in [0.25, 0.3) is 0 Å². The summed E-state index contributed by atoms with van der Waals surface area (Å²) >= 11 is 0. The van der Waals surface area contributed by atoms with E-state index in [0.29, 0.717) is 30.3 Å². The predicted molar refractivity (Wildman–Crippen MR) is 110 cm³/mol. The van der Waals surface area contributed by atoms with E-state index in [9.17, 15) is 14.4 Å². The number of hydrogen-bond donors (Lipinski definition) is 2. The van der Waals surface area contributed by atoms with Crippen molar-refractivity contribution in [2.75, 3.05) is 26.3 Å². The van der Waals surface area contributed by atoms with Crippen LogP contribution in [0.5, 0.6) is 0 Å². The highest BCUT2D eigenvalue weighted by molar-refractivity contribution is 5.93. The van der Waals surface area contributed by atoms with E-state index >= 15 is 0 Å². The summed E-state index contributed by atoms with van der Waals surface area (Å²) in [6.07, 6.45) is 13.1. The Morgan fingerprint density at radius 1 is 1.10 bits per heavy atom. The van der Waals surface area contributed by atoms with Crippen molar-refractivity contribution in [3.05, 3.63) is 24.3 Å². The average Bonchev–Trinajstić information content (AvgIpc) is 3.35. The summed E-state index contributed by atoms with van der Waals surface area (Å²) in [4.78, 5) is 40.3. The Morgan fingerprint density at radius 3 is 2.70 bits per heavy atom. The molecule has 7 atom stereocenters. The molecule has 3 aliphatic heterocycles. The smallest absolute Gasteiger partial charge is 0.226 e. The van der Waals surface area contributed by atoms with Crippen LogP contribution in [0.3, 0.4) is 0 Å². The fourth-order valence-electron chi connectivity index (χ4n) is 6.07. The lowest BCUT2D eigenvalue weighted by Gasteiger charge is -2.40. The molecule has 5 unspecified atom stereocenters. The van der Waals surface area contributed by atoms with E-state index < -0.39 is 6.04 Å². The molecule has 2 N–H and O–H groups in total. The van der Waals surface area contributed by atoms with Crippen molar-refractivity contribution in [2.24, 2.45) is 23.7 Å². The second-order valence-electron chi connectivity index (χ2n) is 9.42. The van der Waals surface area contributed by atoms with Crippen molar-refractivity contribution in [1.82, 2.24) is 15.5 Å². The summed E-state index contributed by atoms with van der Waals surface area (Å²) in [6, 6.07) is 0.272. The van der Waals surface area contributed by atoms with Gasteiger partial charge in [-0.3, -0.25) is 14.4 Å². The summed E-state index contributed by atoms with van der Waals surface area (Å²) < 4.78 is 5.15. The zero-order valence-corrected chi connectivity index (χ0v) is 17.3. The topological polar surface area (TPSA) is 87.7 Å². The molecule has 1 saturated carbocycles. The van der Waals surface area contributed by atoms with Gasteiger partial charge in [-0.05, 0) is 25.2 Å². The van der Waals surface area contributed by atoms with E-state index in [4.69, 9.17) is 4.74 Å². The summed E-state index contributed by atoms with van der Waals surface area (Å²) in [5.41, 5.74) is 0. The molecule has 162 valence electrons. The van der Waals surface area contributed by atoms with E-state index in [-0.39, 0.29) is 42.6 Å². The number of nitrogens with zero attached hydrogens (tertiary/aromatic N) is 1. The van der Waals surface area contributed by atoms with Gasteiger partial charge in [-0.25, -0.2) is 0 Å². The number of amides is 2. The number of rotatable bonds is 3. The minimum Gasteiger partial charge on any atom is -0.371 e. The third-order valence-electron chi connectivity index (χ3n) is 7.70. The van der Waals surface area contributed by atoms with Crippen LogP contribution in [0.1, 0.15) is 32.1 Å². The molecule has 0 aromatic rings. The maximum atomic E-state index is 13.5. The fourth-order valence-corrected chi connectivity index (χ4v) is 6.07. The molecule has 0 spiro atoms. The van der Waals surface area contributed by atoms with Crippen LogP contribution in [0.15, 0.2) is 24.3 Å². The number of Topliss-reactive ketones (excluding diaryl/α,β-unsaturated/α-hetero) is 1. The normalized spacial score (nSPS) is 40.2. The van der Waals surface area contributed by atoms with Gasteiger partial charge in [-0.15, -0.1) is 0 Å². The zero-order chi connectivity index (χ0) is 20.7. The van der Waals surface area contributed by atoms with Crippen molar-refractivity contribution in [1.29, 1.82) is 0 Å². The molecule has 3 saturated heterocycles. The quantitative estimate of drug-likeness (QED) is 0.715. The van der Waals surface area contributed by atoms with Crippen molar-refractivity contribution >= 4 is 17.6 Å². The SMILES string of the molecule is O=C1COCC1NC(=O)[C@@H]1CCCC[C@H]1C(=O)N1CCC2NC3C=CC=CC3C2C1. The number of allylic oxidation sites excluding steroid dienone is 2. The number of ether oxygens (including phenoxy) is 1. The second kappa shape index (κ2) is 8.27. The molecule has 3 heterocycles. The van der Waals surface area contributed by atoms with Crippen LogP contribution in [-0.2, 0) is 19.1 Å². The highest BCUT2D eigenvalue weighted by Gasteiger charge is 2.46. The Bertz CT molecular complexity index is 778. The Labute approximate surface area is 177 Å². The standard InChI is InChI=1S/C23H31N3O4/c27-21-13-30-12-20(21)25-22(28)15-6-1-2-7-16(15)23(29)26-10-9-19-17(11-26)14-5-3-4-8-18(14)24-19/h3-5,8,14-20,24H,1-2,6-7,9-13H2,(H,25,28)/t14?,15-,16-,17?,18?,19?,20?/m1/s1. The molecule has 0 aromatic carbocycles. The van der Waals surface area contributed by atoms with E-state index in [2.05, 4.69) is 34.9 Å². The van der Waals surface area contributed by atoms with Crippen LogP contribution >= 0.6 is 0 Å². The largest absolute Gasteiger partial charge is 0.371 e. The number of ketones is 1. The van der Waals surface area contributed by atoms with Crippen LogP contribution in [0.4, 0.5) is 0 Å². The molecule has 5 aliphatic rings. The Hall–Kier alpha value is -1.99. The Balaban J connectivity index is 1.26. The lowest BCUT2D eigenvalue weighted by atomic mass is 9.76. The van der Waals surface area contributed by atoms with E-state index in [1.807, 2.05) is 4.90 Å².